The number of aromatic nitrogens is 1. The number of fused-ring (bicyclic) bond motifs is 1. The van der Waals surface area contributed by atoms with Gasteiger partial charge in [-0.25, -0.2) is 0 Å². The minimum absolute atomic E-state index is 0.140. The molecule has 2 aromatic rings. The van der Waals surface area contributed by atoms with Crippen LogP contribution in [0.15, 0.2) is 30.5 Å². The van der Waals surface area contributed by atoms with E-state index in [0.29, 0.717) is 0 Å². The van der Waals surface area contributed by atoms with E-state index < -0.39 is 0 Å². The third-order valence-corrected chi connectivity index (χ3v) is 3.52. The second-order valence-electron chi connectivity index (χ2n) is 6.51. The summed E-state index contributed by atoms with van der Waals surface area (Å²) in [5, 5.41) is 4.82. The molecular weight excluding hydrogens is 248 g/mol. The summed E-state index contributed by atoms with van der Waals surface area (Å²) in [7, 11) is 1.76. The molecular formula is C17H26N2O. The van der Waals surface area contributed by atoms with Crippen LogP contribution >= 0.6 is 0 Å². The monoisotopic (exact) mass is 274 g/mol. The molecule has 0 saturated heterocycles. The molecule has 0 fully saturated rings. The molecule has 20 heavy (non-hydrogen) atoms. The first-order chi connectivity index (χ1) is 9.39. The van der Waals surface area contributed by atoms with Crippen molar-refractivity contribution in [1.82, 2.24) is 9.88 Å². The van der Waals surface area contributed by atoms with E-state index in [0.717, 1.165) is 13.1 Å². The van der Waals surface area contributed by atoms with Gasteiger partial charge in [0.2, 0.25) is 0 Å². The number of nitrogens with zero attached hydrogens (tertiary/aromatic N) is 1. The van der Waals surface area contributed by atoms with E-state index in [2.05, 4.69) is 68.0 Å². The van der Waals surface area contributed by atoms with Crippen LogP contribution in [0.5, 0.6) is 0 Å². The van der Waals surface area contributed by atoms with Gasteiger partial charge in [0.1, 0.15) is 0 Å². The van der Waals surface area contributed by atoms with E-state index >= 15 is 0 Å². The molecule has 0 bridgehead atoms. The van der Waals surface area contributed by atoms with Gasteiger partial charge in [0.05, 0.1) is 6.10 Å². The molecule has 3 nitrogen and oxygen atoms in total. The number of rotatable bonds is 5. The Morgan fingerprint density at radius 1 is 1.25 bits per heavy atom. The van der Waals surface area contributed by atoms with Crippen LogP contribution in [0.25, 0.3) is 10.9 Å². The maximum atomic E-state index is 5.36. The van der Waals surface area contributed by atoms with Gasteiger partial charge in [-0.15, -0.1) is 0 Å². The normalized spacial score (nSPS) is 13.8. The first-order valence-electron chi connectivity index (χ1n) is 7.24. The second-order valence-corrected chi connectivity index (χ2v) is 6.51. The Labute approximate surface area is 121 Å². The van der Waals surface area contributed by atoms with E-state index in [1.807, 2.05) is 0 Å². The molecule has 1 aromatic heterocycles. The third kappa shape index (κ3) is 3.84. The fourth-order valence-electron chi connectivity index (χ4n) is 2.22. The fourth-order valence-corrected chi connectivity index (χ4v) is 2.22. The lowest BCUT2D eigenvalue weighted by Crippen LogP contribution is -2.35. The van der Waals surface area contributed by atoms with Gasteiger partial charge in [-0.3, -0.25) is 0 Å². The number of benzene rings is 1. The Balaban J connectivity index is 2.20. The molecule has 1 heterocycles. The standard InChI is InChI=1S/C17H26N2O/c1-13(20-5)12-19-9-8-15-7-6-14(10-16(15)19)11-18-17(2,3)4/h6-10,13,18H,11-12H2,1-5H3. The second kappa shape index (κ2) is 5.98. The molecule has 1 N–H and O–H groups in total. The molecule has 0 aliphatic carbocycles. The first-order valence-corrected chi connectivity index (χ1v) is 7.24. The van der Waals surface area contributed by atoms with Crippen LogP contribution in [0.3, 0.4) is 0 Å². The van der Waals surface area contributed by atoms with Crippen LogP contribution in [0.1, 0.15) is 33.3 Å². The van der Waals surface area contributed by atoms with E-state index in [9.17, 15) is 0 Å². The highest BCUT2D eigenvalue weighted by Gasteiger charge is 2.10. The highest BCUT2D eigenvalue weighted by Crippen LogP contribution is 2.19. The van der Waals surface area contributed by atoms with Crippen LogP contribution in [0.2, 0.25) is 0 Å². The zero-order valence-electron chi connectivity index (χ0n) is 13.2. The number of hydrogen-bond donors (Lipinski definition) is 1. The Morgan fingerprint density at radius 2 is 2.00 bits per heavy atom. The Hall–Kier alpha value is -1.32. The lowest BCUT2D eigenvalue weighted by molar-refractivity contribution is 0.104. The molecule has 2 rings (SSSR count). The summed E-state index contributed by atoms with van der Waals surface area (Å²) in [6.07, 6.45) is 2.36. The van der Waals surface area contributed by atoms with Gasteiger partial charge in [-0.05, 0) is 50.8 Å². The molecule has 1 unspecified atom stereocenters. The average molecular weight is 274 g/mol. The van der Waals surface area contributed by atoms with E-state index in [4.69, 9.17) is 4.74 Å². The van der Waals surface area contributed by atoms with Crippen molar-refractivity contribution in [2.75, 3.05) is 7.11 Å². The van der Waals surface area contributed by atoms with E-state index in [1.165, 1.54) is 16.5 Å². The van der Waals surface area contributed by atoms with Crippen LogP contribution in [-0.4, -0.2) is 23.3 Å². The molecule has 0 aliphatic rings. The van der Waals surface area contributed by atoms with Gasteiger partial charge in [0, 0.05) is 37.5 Å². The van der Waals surface area contributed by atoms with Gasteiger partial charge in [0.25, 0.3) is 0 Å². The average Bonchev–Trinajstić information content (AvgIpc) is 2.78. The lowest BCUT2D eigenvalue weighted by atomic mass is 10.1. The summed E-state index contributed by atoms with van der Waals surface area (Å²) in [5.41, 5.74) is 2.74. The summed E-state index contributed by atoms with van der Waals surface area (Å²) in [6, 6.07) is 8.84. The molecule has 1 aromatic carbocycles. The van der Waals surface area contributed by atoms with Gasteiger partial charge >= 0.3 is 0 Å². The van der Waals surface area contributed by atoms with Crippen LogP contribution in [0, 0.1) is 0 Å². The summed E-state index contributed by atoms with van der Waals surface area (Å²) in [6.45, 7) is 10.4. The van der Waals surface area contributed by atoms with Crippen molar-refractivity contribution in [2.45, 2.75) is 52.4 Å². The molecule has 0 saturated carbocycles. The van der Waals surface area contributed by atoms with Crippen LogP contribution < -0.4 is 5.32 Å². The molecule has 1 atom stereocenters. The summed E-state index contributed by atoms with van der Waals surface area (Å²) in [4.78, 5) is 0. The molecule has 0 aliphatic heterocycles. The highest BCUT2D eigenvalue weighted by atomic mass is 16.5. The van der Waals surface area contributed by atoms with Gasteiger partial charge in [-0.2, -0.15) is 0 Å². The number of nitrogens with one attached hydrogen (secondary N) is 1. The fraction of sp³-hybridized carbons (Fsp3) is 0.529. The van der Waals surface area contributed by atoms with Gasteiger partial charge in [0.15, 0.2) is 0 Å². The topological polar surface area (TPSA) is 26.2 Å². The summed E-state index contributed by atoms with van der Waals surface area (Å²) in [5.74, 6) is 0. The molecule has 0 spiro atoms. The third-order valence-electron chi connectivity index (χ3n) is 3.52. The van der Waals surface area contributed by atoms with Crippen molar-refractivity contribution >= 4 is 10.9 Å². The van der Waals surface area contributed by atoms with E-state index in [1.54, 1.807) is 7.11 Å². The molecule has 0 amide bonds. The summed E-state index contributed by atoms with van der Waals surface area (Å²) < 4.78 is 7.63. The first kappa shape index (κ1) is 15.1. The van der Waals surface area contributed by atoms with Gasteiger partial charge < -0.3 is 14.6 Å². The van der Waals surface area contributed by atoms with Crippen molar-refractivity contribution in [1.29, 1.82) is 0 Å². The SMILES string of the molecule is COC(C)Cn1ccc2ccc(CNC(C)(C)C)cc21. The quantitative estimate of drug-likeness (QED) is 0.902. The lowest BCUT2D eigenvalue weighted by Gasteiger charge is -2.20. The molecule has 0 radical (unpaired) electrons. The number of methoxy groups -OCH3 is 1. The largest absolute Gasteiger partial charge is 0.380 e. The van der Waals surface area contributed by atoms with Crippen molar-refractivity contribution < 1.29 is 4.74 Å². The zero-order chi connectivity index (χ0) is 14.8. The van der Waals surface area contributed by atoms with Gasteiger partial charge in [-0.1, -0.05) is 12.1 Å². The Morgan fingerprint density at radius 3 is 2.65 bits per heavy atom. The van der Waals surface area contributed by atoms with Crippen molar-refractivity contribution in [3.8, 4) is 0 Å². The van der Waals surface area contributed by atoms with Crippen molar-refractivity contribution in [3.05, 3.63) is 36.0 Å². The number of hydrogen-bond acceptors (Lipinski definition) is 2. The predicted octanol–water partition coefficient (Wildman–Crippen LogP) is 3.56. The smallest absolute Gasteiger partial charge is 0.0722 e. The number of ether oxygens (including phenoxy) is 1. The molecule has 110 valence electrons. The van der Waals surface area contributed by atoms with Crippen LogP contribution in [0.4, 0.5) is 0 Å². The molecule has 3 heteroatoms. The van der Waals surface area contributed by atoms with E-state index in [-0.39, 0.29) is 11.6 Å². The van der Waals surface area contributed by atoms with Crippen molar-refractivity contribution in [3.63, 3.8) is 0 Å². The Bertz CT molecular complexity index is 566. The highest BCUT2D eigenvalue weighted by molar-refractivity contribution is 5.80. The minimum Gasteiger partial charge on any atom is -0.380 e. The predicted molar refractivity (Wildman–Crippen MR) is 85.0 cm³/mol. The van der Waals surface area contributed by atoms with Crippen LogP contribution in [-0.2, 0) is 17.8 Å². The maximum Gasteiger partial charge on any atom is 0.0722 e. The summed E-state index contributed by atoms with van der Waals surface area (Å²) >= 11 is 0. The minimum atomic E-state index is 0.140. The Kier molecular flexibility index (Phi) is 4.51. The maximum absolute atomic E-state index is 5.36. The van der Waals surface area contributed by atoms with Crippen molar-refractivity contribution in [2.24, 2.45) is 0 Å². The zero-order valence-corrected chi connectivity index (χ0v) is 13.2.